The molecule has 27 heavy (non-hydrogen) atoms. The van der Waals surface area contributed by atoms with E-state index in [1.54, 1.807) is 29.3 Å². The van der Waals surface area contributed by atoms with Crippen molar-refractivity contribution in [3.8, 4) is 11.5 Å². The van der Waals surface area contributed by atoms with Crippen LogP contribution in [0.1, 0.15) is 10.5 Å². The van der Waals surface area contributed by atoms with Crippen LogP contribution >= 0.6 is 23.2 Å². The van der Waals surface area contributed by atoms with Crippen LogP contribution in [-0.4, -0.2) is 47.0 Å². The van der Waals surface area contributed by atoms with Crippen LogP contribution in [0.5, 0.6) is 0 Å². The van der Waals surface area contributed by atoms with Crippen molar-refractivity contribution in [1.82, 2.24) is 14.9 Å². The second-order valence-corrected chi connectivity index (χ2v) is 6.95. The van der Waals surface area contributed by atoms with Crippen LogP contribution in [0.2, 0.25) is 10.0 Å². The average molecular weight is 403 g/mol. The summed E-state index contributed by atoms with van der Waals surface area (Å²) in [6.07, 6.45) is 3.15. The fraction of sp³-hybridized carbons (Fsp3) is 0.211. The molecule has 0 spiro atoms. The molecule has 1 fully saturated rings. The zero-order chi connectivity index (χ0) is 18.8. The molecule has 8 heteroatoms. The smallest absolute Gasteiger partial charge is 0.275 e. The summed E-state index contributed by atoms with van der Waals surface area (Å²) in [4.78, 5) is 25.3. The topological polar surface area (TPSA) is 62.5 Å². The summed E-state index contributed by atoms with van der Waals surface area (Å²) in [6.45, 7) is 2.65. The number of amides is 1. The van der Waals surface area contributed by atoms with E-state index in [4.69, 9.17) is 27.6 Å². The largest absolute Gasteiger partial charge is 0.444 e. The number of aromatic nitrogens is 2. The van der Waals surface area contributed by atoms with E-state index in [0.717, 1.165) is 18.9 Å². The number of benzene rings is 1. The van der Waals surface area contributed by atoms with Crippen LogP contribution in [-0.2, 0) is 0 Å². The van der Waals surface area contributed by atoms with Gasteiger partial charge in [-0.05, 0) is 30.3 Å². The van der Waals surface area contributed by atoms with Gasteiger partial charge in [-0.1, -0.05) is 29.3 Å². The van der Waals surface area contributed by atoms with Crippen molar-refractivity contribution < 1.29 is 9.21 Å². The summed E-state index contributed by atoms with van der Waals surface area (Å²) >= 11 is 12.0. The van der Waals surface area contributed by atoms with E-state index < -0.39 is 0 Å². The molecule has 4 rings (SSSR count). The van der Waals surface area contributed by atoms with Crippen LogP contribution in [0.15, 0.2) is 53.3 Å². The van der Waals surface area contributed by atoms with Crippen molar-refractivity contribution in [2.24, 2.45) is 0 Å². The predicted octanol–water partition coefficient (Wildman–Crippen LogP) is 4.01. The van der Waals surface area contributed by atoms with Gasteiger partial charge < -0.3 is 14.2 Å². The first-order chi connectivity index (χ1) is 13.1. The zero-order valence-corrected chi connectivity index (χ0v) is 15.8. The van der Waals surface area contributed by atoms with E-state index in [1.807, 2.05) is 18.2 Å². The van der Waals surface area contributed by atoms with E-state index in [-0.39, 0.29) is 11.6 Å². The fourth-order valence-corrected chi connectivity index (χ4v) is 3.27. The molecule has 1 aromatic carbocycles. The van der Waals surface area contributed by atoms with Crippen molar-refractivity contribution in [2.45, 2.75) is 0 Å². The Kier molecular flexibility index (Phi) is 5.01. The van der Waals surface area contributed by atoms with Gasteiger partial charge in [-0.25, -0.2) is 9.97 Å². The molecule has 1 saturated heterocycles. The number of hydrogen-bond donors (Lipinski definition) is 0. The molecule has 3 aromatic rings. The van der Waals surface area contributed by atoms with Gasteiger partial charge in [-0.3, -0.25) is 4.79 Å². The van der Waals surface area contributed by atoms with Crippen molar-refractivity contribution in [1.29, 1.82) is 0 Å². The number of anilines is 1. The number of carbonyl (C=O) groups is 1. The van der Waals surface area contributed by atoms with Gasteiger partial charge in [0, 0.05) is 37.9 Å². The molecule has 1 amide bonds. The molecule has 0 radical (unpaired) electrons. The van der Waals surface area contributed by atoms with Crippen molar-refractivity contribution in [2.75, 3.05) is 31.1 Å². The number of pyridine rings is 1. The molecule has 0 unspecified atom stereocenters. The van der Waals surface area contributed by atoms with E-state index in [1.165, 1.54) is 6.26 Å². The minimum Gasteiger partial charge on any atom is -0.444 e. The summed E-state index contributed by atoms with van der Waals surface area (Å²) in [5.74, 6) is 1.11. The minimum absolute atomic E-state index is 0.147. The second-order valence-electron chi connectivity index (χ2n) is 6.13. The molecule has 1 aliphatic rings. The molecular weight excluding hydrogens is 387 g/mol. The Morgan fingerprint density at radius 2 is 1.85 bits per heavy atom. The molecule has 0 atom stereocenters. The van der Waals surface area contributed by atoms with Crippen LogP contribution in [0.4, 0.5) is 5.82 Å². The summed E-state index contributed by atoms with van der Waals surface area (Å²) in [6, 6.07) is 10.9. The van der Waals surface area contributed by atoms with Gasteiger partial charge in [-0.15, -0.1) is 0 Å². The molecule has 2 aromatic heterocycles. The SMILES string of the molecule is O=C(c1coc(-c2ccc(Cl)c(Cl)c2)n1)N1CCN(c2ccccn2)CC1. The third-order valence-corrected chi connectivity index (χ3v) is 5.17. The van der Waals surface area contributed by atoms with Gasteiger partial charge >= 0.3 is 0 Å². The third kappa shape index (κ3) is 3.77. The summed E-state index contributed by atoms with van der Waals surface area (Å²) in [5.41, 5.74) is 0.950. The predicted molar refractivity (Wildman–Crippen MR) is 104 cm³/mol. The van der Waals surface area contributed by atoms with E-state index in [2.05, 4.69) is 14.9 Å². The second kappa shape index (κ2) is 7.58. The van der Waals surface area contributed by atoms with Gasteiger partial charge in [0.05, 0.1) is 10.0 Å². The first-order valence-corrected chi connectivity index (χ1v) is 9.23. The lowest BCUT2D eigenvalue weighted by atomic mass is 10.2. The number of hydrogen-bond acceptors (Lipinski definition) is 5. The maximum Gasteiger partial charge on any atom is 0.275 e. The lowest BCUT2D eigenvalue weighted by molar-refractivity contribution is 0.0740. The van der Waals surface area contributed by atoms with Crippen molar-refractivity contribution in [3.63, 3.8) is 0 Å². The monoisotopic (exact) mass is 402 g/mol. The van der Waals surface area contributed by atoms with Gasteiger partial charge in [0.15, 0.2) is 5.69 Å². The summed E-state index contributed by atoms with van der Waals surface area (Å²) in [5, 5.41) is 0.861. The minimum atomic E-state index is -0.147. The lowest BCUT2D eigenvalue weighted by Crippen LogP contribution is -2.49. The molecule has 3 heterocycles. The Balaban J connectivity index is 1.43. The maximum atomic E-state index is 12.7. The Morgan fingerprint density at radius 1 is 1.04 bits per heavy atom. The van der Waals surface area contributed by atoms with Crippen molar-refractivity contribution in [3.05, 3.63) is 64.6 Å². The van der Waals surface area contributed by atoms with Gasteiger partial charge in [0.2, 0.25) is 5.89 Å². The van der Waals surface area contributed by atoms with E-state index in [0.29, 0.717) is 34.6 Å². The van der Waals surface area contributed by atoms with E-state index >= 15 is 0 Å². The third-order valence-electron chi connectivity index (χ3n) is 4.43. The van der Waals surface area contributed by atoms with Crippen LogP contribution in [0.3, 0.4) is 0 Å². The van der Waals surface area contributed by atoms with Gasteiger partial charge in [-0.2, -0.15) is 0 Å². The fourth-order valence-electron chi connectivity index (χ4n) is 2.98. The molecule has 1 aliphatic heterocycles. The normalized spacial score (nSPS) is 14.4. The number of oxazole rings is 1. The van der Waals surface area contributed by atoms with Crippen LogP contribution in [0, 0.1) is 0 Å². The Bertz CT molecular complexity index is 953. The molecule has 0 aliphatic carbocycles. The first-order valence-electron chi connectivity index (χ1n) is 8.48. The first kappa shape index (κ1) is 17.8. The zero-order valence-electron chi connectivity index (χ0n) is 14.3. The Labute approximate surface area is 166 Å². The molecular formula is C19H16Cl2N4O2. The molecule has 0 N–H and O–H groups in total. The molecule has 6 nitrogen and oxygen atoms in total. The highest BCUT2D eigenvalue weighted by Gasteiger charge is 2.25. The van der Waals surface area contributed by atoms with E-state index in [9.17, 15) is 4.79 Å². The molecule has 138 valence electrons. The number of nitrogens with zero attached hydrogens (tertiary/aromatic N) is 4. The lowest BCUT2D eigenvalue weighted by Gasteiger charge is -2.35. The molecule has 0 saturated carbocycles. The highest BCUT2D eigenvalue weighted by atomic mass is 35.5. The number of rotatable bonds is 3. The van der Waals surface area contributed by atoms with Crippen molar-refractivity contribution >= 4 is 34.9 Å². The number of halogens is 2. The van der Waals surface area contributed by atoms with Crippen LogP contribution < -0.4 is 4.90 Å². The van der Waals surface area contributed by atoms with Gasteiger partial charge in [0.1, 0.15) is 12.1 Å². The number of piperazine rings is 1. The van der Waals surface area contributed by atoms with Crippen LogP contribution in [0.25, 0.3) is 11.5 Å². The Hall–Kier alpha value is -2.57. The highest BCUT2D eigenvalue weighted by molar-refractivity contribution is 6.42. The maximum absolute atomic E-state index is 12.7. The quantitative estimate of drug-likeness (QED) is 0.662. The number of carbonyl (C=O) groups excluding carboxylic acids is 1. The standard InChI is InChI=1S/C19H16Cl2N4O2/c20-14-5-4-13(11-15(14)21)18-23-16(12-27-18)19(26)25-9-7-24(8-10-25)17-3-1-2-6-22-17/h1-6,11-12H,7-10H2. The average Bonchev–Trinajstić information content (AvgIpc) is 3.20. The van der Waals surface area contributed by atoms with Gasteiger partial charge in [0.25, 0.3) is 5.91 Å². The summed E-state index contributed by atoms with van der Waals surface area (Å²) < 4.78 is 5.47. The highest BCUT2D eigenvalue weighted by Crippen LogP contribution is 2.28. The Morgan fingerprint density at radius 3 is 2.56 bits per heavy atom. The molecule has 0 bridgehead atoms. The summed E-state index contributed by atoms with van der Waals surface area (Å²) in [7, 11) is 0.